The van der Waals surface area contributed by atoms with Crippen LogP contribution < -0.4 is 4.18 Å². The van der Waals surface area contributed by atoms with Gasteiger partial charge in [-0.05, 0) is 74.3 Å². The van der Waals surface area contributed by atoms with Crippen LogP contribution in [0.3, 0.4) is 0 Å². The lowest BCUT2D eigenvalue weighted by Gasteiger charge is -2.31. The second kappa shape index (κ2) is 9.03. The van der Waals surface area contributed by atoms with Crippen LogP contribution in [0.1, 0.15) is 33.7 Å². The Bertz CT molecular complexity index is 1780. The minimum atomic E-state index is -5.74. The summed E-state index contributed by atoms with van der Waals surface area (Å²) in [4.78, 5) is 0. The van der Waals surface area contributed by atoms with Crippen molar-refractivity contribution < 1.29 is 25.8 Å². The summed E-state index contributed by atoms with van der Waals surface area (Å²) >= 11 is 0. The number of hydrogen-bond acceptors (Lipinski definition) is 3. The first-order chi connectivity index (χ1) is 18.2. The van der Waals surface area contributed by atoms with E-state index in [1.807, 2.05) is 36.4 Å². The molecule has 0 aromatic heterocycles. The number of alkyl halides is 3. The van der Waals surface area contributed by atoms with Crippen LogP contribution in [0.5, 0.6) is 5.75 Å². The van der Waals surface area contributed by atoms with Crippen molar-refractivity contribution in [1.29, 1.82) is 0 Å². The quantitative estimate of drug-likeness (QED) is 0.172. The van der Waals surface area contributed by atoms with Crippen molar-refractivity contribution in [2.24, 2.45) is 0 Å². The van der Waals surface area contributed by atoms with Gasteiger partial charge in [0, 0.05) is 5.92 Å². The van der Waals surface area contributed by atoms with E-state index in [2.05, 4.69) is 52.7 Å². The molecule has 0 amide bonds. The zero-order valence-corrected chi connectivity index (χ0v) is 20.8. The van der Waals surface area contributed by atoms with Gasteiger partial charge in [0.15, 0.2) is 0 Å². The van der Waals surface area contributed by atoms with Gasteiger partial charge in [-0.3, -0.25) is 0 Å². The van der Waals surface area contributed by atoms with Gasteiger partial charge in [-0.1, -0.05) is 91.0 Å². The number of hydrogen-bond donors (Lipinski definition) is 0. The Labute approximate surface area is 218 Å². The maximum atomic E-state index is 12.7. The van der Waals surface area contributed by atoms with Crippen molar-refractivity contribution in [2.45, 2.75) is 17.8 Å². The van der Waals surface area contributed by atoms with Crippen LogP contribution in [0.25, 0.3) is 21.9 Å². The van der Waals surface area contributed by atoms with Crippen LogP contribution in [-0.4, -0.2) is 13.9 Å². The molecule has 190 valence electrons. The van der Waals surface area contributed by atoms with E-state index in [1.54, 1.807) is 12.1 Å². The molecule has 0 saturated carbocycles. The van der Waals surface area contributed by atoms with Gasteiger partial charge in [0.1, 0.15) is 5.75 Å². The number of halogens is 3. The molecule has 0 fully saturated rings. The van der Waals surface area contributed by atoms with E-state index in [-0.39, 0.29) is 11.7 Å². The van der Waals surface area contributed by atoms with Crippen LogP contribution >= 0.6 is 0 Å². The summed E-state index contributed by atoms with van der Waals surface area (Å²) in [6.45, 7) is 0. The van der Waals surface area contributed by atoms with Gasteiger partial charge >= 0.3 is 15.6 Å². The zero-order valence-electron chi connectivity index (χ0n) is 19.9. The summed E-state index contributed by atoms with van der Waals surface area (Å²) in [7, 11) is -5.74. The fraction of sp³-hybridized carbons (Fsp3) is 0.0968. The van der Waals surface area contributed by atoms with Crippen LogP contribution in [0, 0.1) is 0 Å². The summed E-state index contributed by atoms with van der Waals surface area (Å²) in [6.07, 6.45) is 0.824. The van der Waals surface area contributed by atoms with Crippen LogP contribution in [0.2, 0.25) is 0 Å². The van der Waals surface area contributed by atoms with Crippen molar-refractivity contribution in [3.05, 3.63) is 137 Å². The predicted octanol–water partition coefficient (Wildman–Crippen LogP) is 7.82. The van der Waals surface area contributed by atoms with Gasteiger partial charge in [-0.25, -0.2) is 0 Å². The van der Waals surface area contributed by atoms with Gasteiger partial charge in [0.05, 0.1) is 0 Å². The van der Waals surface area contributed by atoms with Crippen molar-refractivity contribution in [1.82, 2.24) is 0 Å². The molecule has 1 atom stereocenters. The van der Waals surface area contributed by atoms with E-state index in [0.29, 0.717) is 5.39 Å². The number of rotatable bonds is 4. The van der Waals surface area contributed by atoms with Crippen molar-refractivity contribution in [3.8, 4) is 16.9 Å². The third-order valence-electron chi connectivity index (χ3n) is 6.98. The molecule has 38 heavy (non-hydrogen) atoms. The topological polar surface area (TPSA) is 43.4 Å². The number of benzene rings is 5. The summed E-state index contributed by atoms with van der Waals surface area (Å²) in [6, 6.07) is 34.9. The smallest absolute Gasteiger partial charge is 0.376 e. The normalized spacial score (nSPS) is 15.1. The Balaban J connectivity index is 1.46. The van der Waals surface area contributed by atoms with Gasteiger partial charge < -0.3 is 4.18 Å². The summed E-state index contributed by atoms with van der Waals surface area (Å²) in [5.41, 5.74) is 2.79. The minimum absolute atomic E-state index is 0.0476. The molecule has 0 heterocycles. The monoisotopic (exact) mass is 530 g/mol. The average Bonchev–Trinajstić information content (AvgIpc) is 2.90. The molecule has 3 nitrogen and oxygen atoms in total. The summed E-state index contributed by atoms with van der Waals surface area (Å²) in [5.74, 6) is -0.341. The lowest BCUT2D eigenvalue weighted by molar-refractivity contribution is -0.0500. The van der Waals surface area contributed by atoms with Crippen molar-refractivity contribution in [3.63, 3.8) is 0 Å². The highest BCUT2D eigenvalue weighted by atomic mass is 32.2. The fourth-order valence-electron chi connectivity index (χ4n) is 5.31. The Morgan fingerprint density at radius 3 is 2.18 bits per heavy atom. The molecule has 7 heteroatoms. The molecule has 1 aliphatic carbocycles. The number of fused-ring (bicyclic) bond motifs is 3. The molecule has 0 radical (unpaired) electrons. The standard InChI is InChI=1S/C31H21F3O3S/c32-31(33,34)38(35,36)37-26-16-15-21-17-24(14-13-22(21)19-26)28-12-6-10-25-18-23-9-4-5-11-27(23)29(30(25)28)20-7-2-1-3-8-20/h1-17,19,29H,18H2. The third kappa shape index (κ3) is 4.23. The lowest BCUT2D eigenvalue weighted by Crippen LogP contribution is -2.28. The SMILES string of the molecule is O=S(=O)(Oc1ccc2cc(-c3cccc4c3C(c3ccccc3)c3ccccc3C4)ccc2c1)C(F)(F)F. The lowest BCUT2D eigenvalue weighted by atomic mass is 9.72. The average molecular weight is 531 g/mol. The second-order valence-electron chi connectivity index (χ2n) is 9.30. The van der Waals surface area contributed by atoms with E-state index in [9.17, 15) is 21.6 Å². The largest absolute Gasteiger partial charge is 0.534 e. The molecule has 5 aromatic carbocycles. The third-order valence-corrected chi connectivity index (χ3v) is 7.96. The molecule has 5 aromatic rings. The van der Waals surface area contributed by atoms with E-state index in [4.69, 9.17) is 0 Å². The molecule has 0 saturated heterocycles. The highest BCUT2D eigenvalue weighted by Crippen LogP contribution is 2.45. The van der Waals surface area contributed by atoms with Crippen LogP contribution in [-0.2, 0) is 16.5 Å². The van der Waals surface area contributed by atoms with Gasteiger partial charge in [0.2, 0.25) is 0 Å². The molecule has 0 bridgehead atoms. The van der Waals surface area contributed by atoms with E-state index in [0.717, 1.165) is 22.9 Å². The highest BCUT2D eigenvalue weighted by molar-refractivity contribution is 7.88. The Hall–Kier alpha value is -4.10. The maximum Gasteiger partial charge on any atom is 0.534 e. The van der Waals surface area contributed by atoms with Crippen LogP contribution in [0.4, 0.5) is 13.2 Å². The first kappa shape index (κ1) is 24.2. The molecule has 1 aliphatic rings. The Morgan fingerprint density at radius 2 is 1.39 bits per heavy atom. The van der Waals surface area contributed by atoms with Gasteiger partial charge in [-0.2, -0.15) is 21.6 Å². The molecular formula is C31H21F3O3S. The molecule has 1 unspecified atom stereocenters. The van der Waals surface area contributed by atoms with E-state index in [1.165, 1.54) is 39.9 Å². The van der Waals surface area contributed by atoms with Crippen molar-refractivity contribution >= 4 is 20.9 Å². The highest BCUT2D eigenvalue weighted by Gasteiger charge is 2.48. The molecule has 0 N–H and O–H groups in total. The molecule has 6 rings (SSSR count). The predicted molar refractivity (Wildman–Crippen MR) is 142 cm³/mol. The zero-order chi connectivity index (χ0) is 26.5. The minimum Gasteiger partial charge on any atom is -0.376 e. The van der Waals surface area contributed by atoms with E-state index >= 15 is 0 Å². The molecule has 0 aliphatic heterocycles. The first-order valence-electron chi connectivity index (χ1n) is 12.0. The van der Waals surface area contributed by atoms with Crippen molar-refractivity contribution in [2.75, 3.05) is 0 Å². The van der Waals surface area contributed by atoms with Gasteiger partial charge in [-0.15, -0.1) is 0 Å². The summed E-state index contributed by atoms with van der Waals surface area (Å²) < 4.78 is 65.4. The maximum absolute atomic E-state index is 12.7. The molecular weight excluding hydrogens is 509 g/mol. The Kier molecular flexibility index (Phi) is 5.76. The summed E-state index contributed by atoms with van der Waals surface area (Å²) in [5, 5.41) is 1.32. The van der Waals surface area contributed by atoms with E-state index < -0.39 is 15.6 Å². The van der Waals surface area contributed by atoms with Gasteiger partial charge in [0.25, 0.3) is 0 Å². The molecule has 0 spiro atoms. The second-order valence-corrected chi connectivity index (χ2v) is 10.8. The first-order valence-corrected chi connectivity index (χ1v) is 13.4. The Morgan fingerprint density at radius 1 is 0.711 bits per heavy atom. The fourth-order valence-corrected chi connectivity index (χ4v) is 5.76. The van der Waals surface area contributed by atoms with Crippen LogP contribution in [0.15, 0.2) is 109 Å².